The standard InChI is InChI=1S/C12H14N4O/c1-14-12(17)10-5-8(3-4-11(10)13)9-6-15-16(2)7-9/h3-7H,13H2,1-2H3,(H,14,17). The lowest BCUT2D eigenvalue weighted by molar-refractivity contribution is 0.0964. The number of rotatable bonds is 2. The number of amides is 1. The van der Waals surface area contributed by atoms with Crippen LogP contribution in [0.15, 0.2) is 30.6 Å². The van der Waals surface area contributed by atoms with Gasteiger partial charge in [-0.05, 0) is 17.7 Å². The number of anilines is 1. The Labute approximate surface area is 99.2 Å². The summed E-state index contributed by atoms with van der Waals surface area (Å²) in [4.78, 5) is 11.6. The van der Waals surface area contributed by atoms with Crippen molar-refractivity contribution < 1.29 is 4.79 Å². The van der Waals surface area contributed by atoms with E-state index < -0.39 is 0 Å². The predicted molar refractivity (Wildman–Crippen MR) is 66.4 cm³/mol. The number of carbonyl (C=O) groups excluding carboxylic acids is 1. The number of aryl methyl sites for hydroxylation is 1. The van der Waals surface area contributed by atoms with E-state index in [2.05, 4.69) is 10.4 Å². The van der Waals surface area contributed by atoms with Crippen LogP contribution < -0.4 is 11.1 Å². The quantitative estimate of drug-likeness (QED) is 0.757. The average molecular weight is 230 g/mol. The van der Waals surface area contributed by atoms with E-state index >= 15 is 0 Å². The van der Waals surface area contributed by atoms with Gasteiger partial charge in [0.1, 0.15) is 0 Å². The third kappa shape index (κ3) is 2.13. The van der Waals surface area contributed by atoms with Crippen molar-refractivity contribution in [2.45, 2.75) is 0 Å². The van der Waals surface area contributed by atoms with Crippen LogP contribution in [-0.4, -0.2) is 22.7 Å². The number of nitrogens with two attached hydrogens (primary N) is 1. The van der Waals surface area contributed by atoms with E-state index in [1.807, 2.05) is 19.3 Å². The van der Waals surface area contributed by atoms with Gasteiger partial charge < -0.3 is 11.1 Å². The highest BCUT2D eigenvalue weighted by Gasteiger charge is 2.10. The van der Waals surface area contributed by atoms with Crippen LogP contribution in [0, 0.1) is 0 Å². The lowest BCUT2D eigenvalue weighted by Gasteiger charge is -2.06. The van der Waals surface area contributed by atoms with Gasteiger partial charge in [-0.15, -0.1) is 0 Å². The minimum absolute atomic E-state index is 0.187. The molecule has 0 radical (unpaired) electrons. The Morgan fingerprint density at radius 3 is 2.76 bits per heavy atom. The lowest BCUT2D eigenvalue weighted by Crippen LogP contribution is -2.19. The van der Waals surface area contributed by atoms with Crippen LogP contribution in [0.4, 0.5) is 5.69 Å². The zero-order valence-corrected chi connectivity index (χ0v) is 9.77. The molecule has 17 heavy (non-hydrogen) atoms. The molecule has 0 bridgehead atoms. The number of carbonyl (C=O) groups is 1. The summed E-state index contributed by atoms with van der Waals surface area (Å²) in [6.07, 6.45) is 3.64. The molecule has 0 fully saturated rings. The molecule has 0 saturated heterocycles. The molecule has 0 unspecified atom stereocenters. The summed E-state index contributed by atoms with van der Waals surface area (Å²) in [5.74, 6) is -0.187. The second-order valence-electron chi connectivity index (χ2n) is 3.78. The van der Waals surface area contributed by atoms with Crippen molar-refractivity contribution in [2.75, 3.05) is 12.8 Å². The Bertz CT molecular complexity index is 559. The number of benzene rings is 1. The summed E-state index contributed by atoms with van der Waals surface area (Å²) in [5, 5.41) is 6.66. The maximum Gasteiger partial charge on any atom is 0.253 e. The molecule has 5 heteroatoms. The highest BCUT2D eigenvalue weighted by atomic mass is 16.1. The molecule has 0 aliphatic carbocycles. The summed E-state index contributed by atoms with van der Waals surface area (Å²) in [6, 6.07) is 5.37. The van der Waals surface area contributed by atoms with E-state index in [4.69, 9.17) is 5.73 Å². The molecule has 1 amide bonds. The third-order valence-electron chi connectivity index (χ3n) is 2.56. The summed E-state index contributed by atoms with van der Waals surface area (Å²) in [5.41, 5.74) is 8.60. The van der Waals surface area contributed by atoms with E-state index in [0.29, 0.717) is 11.3 Å². The van der Waals surface area contributed by atoms with Crippen molar-refractivity contribution in [2.24, 2.45) is 7.05 Å². The first-order valence-corrected chi connectivity index (χ1v) is 5.22. The molecule has 5 nitrogen and oxygen atoms in total. The van der Waals surface area contributed by atoms with Crippen LogP contribution in [0.25, 0.3) is 11.1 Å². The molecule has 0 aliphatic heterocycles. The molecule has 1 aromatic heterocycles. The Morgan fingerprint density at radius 2 is 2.18 bits per heavy atom. The minimum Gasteiger partial charge on any atom is -0.398 e. The van der Waals surface area contributed by atoms with Gasteiger partial charge in [-0.1, -0.05) is 6.07 Å². The molecule has 0 saturated carbocycles. The molecule has 1 aromatic carbocycles. The number of aromatic nitrogens is 2. The molecule has 3 N–H and O–H groups in total. The fourth-order valence-corrected chi connectivity index (χ4v) is 1.64. The van der Waals surface area contributed by atoms with Crippen LogP contribution in [0.2, 0.25) is 0 Å². The minimum atomic E-state index is -0.187. The van der Waals surface area contributed by atoms with Crippen molar-refractivity contribution >= 4 is 11.6 Å². The van der Waals surface area contributed by atoms with Crippen molar-refractivity contribution in [3.8, 4) is 11.1 Å². The van der Waals surface area contributed by atoms with E-state index in [0.717, 1.165) is 11.1 Å². The van der Waals surface area contributed by atoms with Crippen LogP contribution in [0.5, 0.6) is 0 Å². The number of hydrogen-bond acceptors (Lipinski definition) is 3. The first kappa shape index (κ1) is 11.2. The molecule has 2 aromatic rings. The summed E-state index contributed by atoms with van der Waals surface area (Å²) >= 11 is 0. The van der Waals surface area contributed by atoms with Crippen molar-refractivity contribution in [1.82, 2.24) is 15.1 Å². The fraction of sp³-hybridized carbons (Fsp3) is 0.167. The molecule has 0 aliphatic rings. The second-order valence-corrected chi connectivity index (χ2v) is 3.78. The molecular weight excluding hydrogens is 216 g/mol. The molecule has 2 rings (SSSR count). The lowest BCUT2D eigenvalue weighted by atomic mass is 10.0. The van der Waals surface area contributed by atoms with E-state index in [1.165, 1.54) is 0 Å². The second kappa shape index (κ2) is 4.29. The smallest absolute Gasteiger partial charge is 0.253 e. The van der Waals surface area contributed by atoms with Gasteiger partial charge in [-0.2, -0.15) is 5.10 Å². The van der Waals surface area contributed by atoms with Crippen LogP contribution in [-0.2, 0) is 7.05 Å². The Hall–Kier alpha value is -2.30. The molecule has 1 heterocycles. The van der Waals surface area contributed by atoms with Gasteiger partial charge in [0.25, 0.3) is 5.91 Å². The maximum atomic E-state index is 11.6. The SMILES string of the molecule is CNC(=O)c1cc(-c2cnn(C)c2)ccc1N. The molecule has 0 atom stereocenters. The topological polar surface area (TPSA) is 72.9 Å². The highest BCUT2D eigenvalue weighted by molar-refractivity contribution is 6.00. The van der Waals surface area contributed by atoms with Gasteiger partial charge >= 0.3 is 0 Å². The number of nitrogens with zero attached hydrogens (tertiary/aromatic N) is 2. The largest absolute Gasteiger partial charge is 0.398 e. The van der Waals surface area contributed by atoms with Crippen molar-refractivity contribution in [3.05, 3.63) is 36.2 Å². The monoisotopic (exact) mass is 230 g/mol. The van der Waals surface area contributed by atoms with Gasteiger partial charge in [0.2, 0.25) is 0 Å². The summed E-state index contributed by atoms with van der Waals surface area (Å²) < 4.78 is 1.71. The van der Waals surface area contributed by atoms with Gasteiger partial charge in [0.15, 0.2) is 0 Å². The van der Waals surface area contributed by atoms with Crippen molar-refractivity contribution in [3.63, 3.8) is 0 Å². The first-order chi connectivity index (χ1) is 8.11. The Morgan fingerprint density at radius 1 is 1.41 bits per heavy atom. The van der Waals surface area contributed by atoms with Crippen LogP contribution >= 0.6 is 0 Å². The number of hydrogen-bond donors (Lipinski definition) is 2. The zero-order valence-electron chi connectivity index (χ0n) is 9.77. The van der Waals surface area contributed by atoms with E-state index in [-0.39, 0.29) is 5.91 Å². The molecule has 88 valence electrons. The zero-order chi connectivity index (χ0) is 12.4. The van der Waals surface area contributed by atoms with E-state index in [1.54, 1.807) is 30.1 Å². The Balaban J connectivity index is 2.47. The van der Waals surface area contributed by atoms with Crippen LogP contribution in [0.3, 0.4) is 0 Å². The summed E-state index contributed by atoms with van der Waals surface area (Å²) in [6.45, 7) is 0. The van der Waals surface area contributed by atoms with Gasteiger partial charge in [0, 0.05) is 31.5 Å². The molecular formula is C12H14N4O. The maximum absolute atomic E-state index is 11.6. The van der Waals surface area contributed by atoms with E-state index in [9.17, 15) is 4.79 Å². The van der Waals surface area contributed by atoms with Crippen molar-refractivity contribution in [1.29, 1.82) is 0 Å². The first-order valence-electron chi connectivity index (χ1n) is 5.22. The normalized spacial score (nSPS) is 10.2. The van der Waals surface area contributed by atoms with Gasteiger partial charge in [-0.3, -0.25) is 9.48 Å². The third-order valence-corrected chi connectivity index (χ3v) is 2.56. The van der Waals surface area contributed by atoms with Gasteiger partial charge in [-0.25, -0.2) is 0 Å². The summed E-state index contributed by atoms with van der Waals surface area (Å²) in [7, 11) is 3.43. The average Bonchev–Trinajstić information content (AvgIpc) is 2.75. The molecule has 0 spiro atoms. The highest BCUT2D eigenvalue weighted by Crippen LogP contribution is 2.23. The van der Waals surface area contributed by atoms with Gasteiger partial charge in [0.05, 0.1) is 11.8 Å². The Kier molecular flexibility index (Phi) is 2.82. The predicted octanol–water partition coefficient (Wildman–Crippen LogP) is 1.03. The fourth-order valence-electron chi connectivity index (χ4n) is 1.64. The number of nitrogen functional groups attached to an aromatic ring is 1. The van der Waals surface area contributed by atoms with Crippen LogP contribution in [0.1, 0.15) is 10.4 Å². The number of nitrogens with one attached hydrogen (secondary N) is 1.